The number of aromatic nitrogens is 2. The van der Waals surface area contributed by atoms with Gasteiger partial charge in [0.05, 0.1) is 10.2 Å². The molecule has 0 saturated carbocycles. The van der Waals surface area contributed by atoms with E-state index in [1.807, 2.05) is 24.3 Å². The number of nitrogens with zero attached hydrogens (tertiary/aromatic N) is 2. The van der Waals surface area contributed by atoms with Gasteiger partial charge in [-0.15, -0.1) is 0 Å². The van der Waals surface area contributed by atoms with Crippen LogP contribution in [0.1, 0.15) is 0 Å². The van der Waals surface area contributed by atoms with Gasteiger partial charge < -0.3 is 11.5 Å². The molecule has 0 aliphatic heterocycles. The second-order valence-corrected chi connectivity index (χ2v) is 4.06. The monoisotopic (exact) mass is 463 g/mol. The molecule has 2 aromatic rings. The molecule has 2 rings (SSSR count). The van der Waals surface area contributed by atoms with Crippen molar-refractivity contribution in [3.63, 3.8) is 0 Å². The smallest absolute Gasteiger partial charge is 0.222 e. The molecule has 0 amide bonds. The Morgan fingerprint density at radius 1 is 1.22 bits per heavy atom. The molecule has 7 N–H and O–H groups in total. The Balaban J connectivity index is 0.000000421. The Kier molecular flexibility index (Phi) is 8.78. The zero-order valence-electron chi connectivity index (χ0n) is 9.15. The fourth-order valence-corrected chi connectivity index (χ4v) is 1.37. The minimum Gasteiger partial charge on any atom is -0.383 e. The minimum absolute atomic E-state index is 0. The van der Waals surface area contributed by atoms with Crippen LogP contribution in [0.15, 0.2) is 24.3 Å². The molecule has 6 nitrogen and oxygen atoms in total. The summed E-state index contributed by atoms with van der Waals surface area (Å²) in [5.74, 6) is 5.40. The van der Waals surface area contributed by atoms with Gasteiger partial charge in [0.1, 0.15) is 5.82 Å². The van der Waals surface area contributed by atoms with Crippen molar-refractivity contribution in [2.45, 2.75) is 0 Å². The molecule has 0 saturated heterocycles. The molecule has 0 atom stereocenters. The average Bonchev–Trinajstić information content (AvgIpc) is 2.30. The van der Waals surface area contributed by atoms with Crippen molar-refractivity contribution in [1.29, 1.82) is 0 Å². The zero-order valence-corrected chi connectivity index (χ0v) is 13.1. The van der Waals surface area contributed by atoms with Gasteiger partial charge in [0, 0.05) is 26.5 Å². The second-order valence-electron chi connectivity index (χ2n) is 2.82. The number of nitrogens with two attached hydrogens (primary N) is 3. The molecule has 18 heavy (non-hydrogen) atoms. The van der Waals surface area contributed by atoms with Crippen LogP contribution in [0.25, 0.3) is 10.9 Å². The molecule has 0 bridgehead atoms. The number of nitrogen functional groups attached to an aromatic ring is 2. The van der Waals surface area contributed by atoms with Crippen LogP contribution >= 0.6 is 24.2 Å². The second kappa shape index (κ2) is 9.18. The molecule has 0 spiro atoms. The molecule has 1 aromatic carbocycles. The van der Waals surface area contributed by atoms with E-state index < -0.39 is 0 Å². The summed E-state index contributed by atoms with van der Waals surface area (Å²) < 4.78 is 1.44. The first-order valence-corrected chi connectivity index (χ1v) is 5.86. The van der Waals surface area contributed by atoms with Gasteiger partial charge in [-0.3, -0.25) is 5.84 Å². The molecule has 0 aliphatic rings. The Bertz CT molecular complexity index is 509. The SMILES string of the molecule is NNSC=S.Nc1nc(N)c2ccccc2n1.[Pt]. The van der Waals surface area contributed by atoms with Crippen molar-refractivity contribution in [3.8, 4) is 0 Å². The zero-order chi connectivity index (χ0) is 12.7. The third-order valence-corrected chi connectivity index (χ3v) is 2.29. The molecule has 1 aromatic heterocycles. The summed E-state index contributed by atoms with van der Waals surface area (Å²) in [5.41, 5.74) is 11.8. The molecule has 0 radical (unpaired) electrons. The Labute approximate surface area is 128 Å². The number of thiocarbonyl (C=S) groups is 1. The number of para-hydroxylation sites is 1. The predicted molar refractivity (Wildman–Crippen MR) is 76.9 cm³/mol. The maximum Gasteiger partial charge on any atom is 0.222 e. The van der Waals surface area contributed by atoms with Gasteiger partial charge in [0.15, 0.2) is 0 Å². The van der Waals surface area contributed by atoms with Crippen molar-refractivity contribution in [1.82, 2.24) is 14.8 Å². The van der Waals surface area contributed by atoms with Crippen molar-refractivity contribution >= 4 is 51.5 Å². The van der Waals surface area contributed by atoms with Crippen molar-refractivity contribution in [2.75, 3.05) is 11.5 Å². The molecule has 0 fully saturated rings. The van der Waals surface area contributed by atoms with Crippen LogP contribution in [0.3, 0.4) is 0 Å². The minimum atomic E-state index is 0. The van der Waals surface area contributed by atoms with Crippen LogP contribution in [-0.4, -0.2) is 14.7 Å². The molecule has 0 aliphatic carbocycles. The number of anilines is 2. The van der Waals surface area contributed by atoms with E-state index in [1.165, 1.54) is 16.6 Å². The largest absolute Gasteiger partial charge is 0.383 e. The van der Waals surface area contributed by atoms with Gasteiger partial charge in [-0.25, -0.2) is 4.98 Å². The van der Waals surface area contributed by atoms with Crippen molar-refractivity contribution in [3.05, 3.63) is 24.3 Å². The number of fused-ring (bicyclic) bond motifs is 1. The molecule has 9 heteroatoms. The van der Waals surface area contributed by atoms with E-state index in [1.54, 1.807) is 0 Å². The van der Waals surface area contributed by atoms with Gasteiger partial charge in [-0.05, 0) is 24.1 Å². The summed E-state index contributed by atoms with van der Waals surface area (Å²) in [6.07, 6.45) is 0. The maximum absolute atomic E-state index is 5.63. The first-order valence-electron chi connectivity index (χ1n) is 4.51. The van der Waals surface area contributed by atoms with Crippen LogP contribution < -0.4 is 22.1 Å². The fourth-order valence-electron chi connectivity index (χ4n) is 1.15. The molecular weight excluding hydrogens is 451 g/mol. The summed E-state index contributed by atoms with van der Waals surface area (Å²) in [6.45, 7) is 0. The first-order chi connectivity index (χ1) is 8.19. The third kappa shape index (κ3) is 5.24. The Morgan fingerprint density at radius 2 is 1.89 bits per heavy atom. The number of nitrogens with one attached hydrogen (secondary N) is 1. The van der Waals surface area contributed by atoms with Gasteiger partial charge in [-0.1, -0.05) is 24.4 Å². The molecule has 100 valence electrons. The maximum atomic E-state index is 5.63. The van der Waals surface area contributed by atoms with Crippen molar-refractivity contribution in [2.24, 2.45) is 5.84 Å². The summed E-state index contributed by atoms with van der Waals surface area (Å²) in [7, 11) is 0. The topological polar surface area (TPSA) is 116 Å². The van der Waals surface area contributed by atoms with Crippen LogP contribution in [0.5, 0.6) is 0 Å². The molecule has 1 heterocycles. The number of hydrazine groups is 1. The van der Waals surface area contributed by atoms with E-state index in [2.05, 4.69) is 27.0 Å². The fraction of sp³-hybridized carbons (Fsp3) is 0. The van der Waals surface area contributed by atoms with E-state index in [-0.39, 0.29) is 27.0 Å². The number of hydrogen-bond acceptors (Lipinski definition) is 8. The van der Waals surface area contributed by atoms with E-state index in [0.29, 0.717) is 5.82 Å². The van der Waals surface area contributed by atoms with Gasteiger partial charge in [-0.2, -0.15) is 9.82 Å². The number of hydrogen-bond donors (Lipinski definition) is 4. The van der Waals surface area contributed by atoms with E-state index in [0.717, 1.165) is 10.9 Å². The Hall–Kier alpha value is -0.792. The van der Waals surface area contributed by atoms with E-state index in [4.69, 9.17) is 17.3 Å². The van der Waals surface area contributed by atoms with Crippen LogP contribution in [0.4, 0.5) is 11.8 Å². The van der Waals surface area contributed by atoms with E-state index >= 15 is 0 Å². The summed E-state index contributed by atoms with van der Waals surface area (Å²) >= 11 is 5.53. The number of benzene rings is 1. The normalized spacial score (nSPS) is 8.94. The van der Waals surface area contributed by atoms with Gasteiger partial charge in [0.25, 0.3) is 0 Å². The predicted octanol–water partition coefficient (Wildman–Crippen LogP) is 0.847. The van der Waals surface area contributed by atoms with Crippen LogP contribution in [-0.2, 0) is 21.1 Å². The molecular formula is C9H12N6PtS2. The first kappa shape index (κ1) is 17.2. The number of rotatable bonds is 2. The standard InChI is InChI=1S/C8H8N4.CH4N2S2.Pt/c9-7-5-3-1-2-4-6(5)11-8(10)12-7;2-3-5-1-4;/h1-4H,(H4,9,10,11,12);1,3H,2H2;. The van der Waals surface area contributed by atoms with Crippen molar-refractivity contribution < 1.29 is 21.1 Å². The molecule has 0 unspecified atom stereocenters. The Morgan fingerprint density at radius 3 is 2.44 bits per heavy atom. The summed E-state index contributed by atoms with van der Waals surface area (Å²) in [4.78, 5) is 10.1. The van der Waals surface area contributed by atoms with Crippen LogP contribution in [0.2, 0.25) is 0 Å². The summed E-state index contributed by atoms with van der Waals surface area (Å²) in [5, 5.41) is 0.840. The average molecular weight is 463 g/mol. The van der Waals surface area contributed by atoms with Gasteiger partial charge in [0.2, 0.25) is 5.95 Å². The quantitative estimate of drug-likeness (QED) is 0.224. The third-order valence-electron chi connectivity index (χ3n) is 1.77. The van der Waals surface area contributed by atoms with E-state index in [9.17, 15) is 0 Å². The van der Waals surface area contributed by atoms with Crippen LogP contribution in [0, 0.1) is 0 Å². The summed E-state index contributed by atoms with van der Waals surface area (Å²) in [6, 6.07) is 7.49. The van der Waals surface area contributed by atoms with Gasteiger partial charge >= 0.3 is 0 Å².